The number of benzene rings is 3. The molecule has 0 amide bonds. The first kappa shape index (κ1) is 21.0. The van der Waals surface area contributed by atoms with E-state index in [1.54, 1.807) is 0 Å². The number of aromatic amines is 1. The summed E-state index contributed by atoms with van der Waals surface area (Å²) in [5, 5.41) is 9.14. The minimum Gasteiger partial charge on any atom is -0.456 e. The first-order valence-corrected chi connectivity index (χ1v) is 12.5. The molecule has 3 aromatic carbocycles. The van der Waals surface area contributed by atoms with Crippen LogP contribution in [0.15, 0.2) is 87.2 Å². The van der Waals surface area contributed by atoms with E-state index in [2.05, 4.69) is 112 Å². The standard InChI is InChI=1S/C30H27N5O/c1-17-15-31-29(33-17)23-9-7-21-11-25(35-26(21)12-23)19-3-5-20(6-4-19)27-13-22-8-10-24(14-28(22)36-27)30-32-16-18(2)34-30/h3-14,17-18,35H,15-16H2,1-2H3,(H,31,33)(H,32,34). The summed E-state index contributed by atoms with van der Waals surface area (Å²) in [7, 11) is 0. The Labute approximate surface area is 209 Å². The van der Waals surface area contributed by atoms with Crippen LogP contribution in [0.2, 0.25) is 0 Å². The quantitative estimate of drug-likeness (QED) is 0.312. The zero-order valence-corrected chi connectivity index (χ0v) is 20.3. The molecule has 0 aliphatic carbocycles. The summed E-state index contributed by atoms with van der Waals surface area (Å²) < 4.78 is 6.24. The summed E-state index contributed by atoms with van der Waals surface area (Å²) in [6.45, 7) is 5.93. The molecule has 2 aromatic heterocycles. The van der Waals surface area contributed by atoms with E-state index >= 15 is 0 Å². The summed E-state index contributed by atoms with van der Waals surface area (Å²) in [5.74, 6) is 2.79. The number of nitrogens with one attached hydrogen (secondary N) is 3. The third kappa shape index (κ3) is 3.66. The SMILES string of the molecule is CC1CN=C(c2ccc3cc(-c4ccc(-c5cc6ccc(C7=NCC(C)N7)cc6o5)cc4)[nH]c3c2)N1. The van der Waals surface area contributed by atoms with Gasteiger partial charge in [-0.15, -0.1) is 0 Å². The highest BCUT2D eigenvalue weighted by molar-refractivity contribution is 6.03. The highest BCUT2D eigenvalue weighted by atomic mass is 16.3. The van der Waals surface area contributed by atoms with Crippen molar-refractivity contribution >= 4 is 33.5 Å². The van der Waals surface area contributed by atoms with Crippen molar-refractivity contribution in [2.24, 2.45) is 9.98 Å². The van der Waals surface area contributed by atoms with Gasteiger partial charge in [-0.3, -0.25) is 9.98 Å². The number of furan rings is 1. The van der Waals surface area contributed by atoms with E-state index in [1.807, 2.05) is 0 Å². The topological polar surface area (TPSA) is 77.7 Å². The normalized spacial score (nSPS) is 19.4. The van der Waals surface area contributed by atoms with Crippen molar-refractivity contribution in [2.45, 2.75) is 25.9 Å². The fraction of sp³-hybridized carbons (Fsp3) is 0.200. The van der Waals surface area contributed by atoms with Gasteiger partial charge in [-0.1, -0.05) is 48.5 Å². The van der Waals surface area contributed by atoms with Crippen molar-refractivity contribution in [1.29, 1.82) is 0 Å². The van der Waals surface area contributed by atoms with Crippen LogP contribution in [0.5, 0.6) is 0 Å². The summed E-state index contributed by atoms with van der Waals surface area (Å²) in [6.07, 6.45) is 0. The maximum absolute atomic E-state index is 6.24. The molecule has 2 aliphatic rings. The third-order valence-corrected chi connectivity index (χ3v) is 6.98. The lowest BCUT2D eigenvalue weighted by molar-refractivity contribution is 0.631. The fourth-order valence-electron chi connectivity index (χ4n) is 5.02. The van der Waals surface area contributed by atoms with Gasteiger partial charge in [-0.25, -0.2) is 0 Å². The maximum Gasteiger partial charge on any atom is 0.135 e. The van der Waals surface area contributed by atoms with E-state index in [1.165, 1.54) is 5.39 Å². The van der Waals surface area contributed by atoms with Gasteiger partial charge in [0.25, 0.3) is 0 Å². The molecular formula is C30H27N5O. The summed E-state index contributed by atoms with van der Waals surface area (Å²) in [6, 6.07) is 26.3. The molecule has 0 spiro atoms. The highest BCUT2D eigenvalue weighted by Gasteiger charge is 2.17. The Morgan fingerprint density at radius 2 is 1.28 bits per heavy atom. The van der Waals surface area contributed by atoms with E-state index in [0.29, 0.717) is 12.1 Å². The first-order valence-electron chi connectivity index (χ1n) is 12.5. The van der Waals surface area contributed by atoms with Gasteiger partial charge >= 0.3 is 0 Å². The van der Waals surface area contributed by atoms with E-state index in [4.69, 9.17) is 4.42 Å². The van der Waals surface area contributed by atoms with Gasteiger partial charge in [0.15, 0.2) is 0 Å². The smallest absolute Gasteiger partial charge is 0.135 e. The lowest BCUT2D eigenvalue weighted by Crippen LogP contribution is -2.27. The third-order valence-electron chi connectivity index (χ3n) is 6.98. The minimum absolute atomic E-state index is 0.378. The molecule has 36 heavy (non-hydrogen) atoms. The molecule has 2 aliphatic heterocycles. The Morgan fingerprint density at radius 1 is 0.667 bits per heavy atom. The Morgan fingerprint density at radius 3 is 1.94 bits per heavy atom. The van der Waals surface area contributed by atoms with E-state index in [9.17, 15) is 0 Å². The van der Waals surface area contributed by atoms with Gasteiger partial charge < -0.3 is 20.0 Å². The molecule has 0 bridgehead atoms. The first-order chi connectivity index (χ1) is 17.6. The predicted octanol–water partition coefficient (Wildman–Crippen LogP) is 5.72. The zero-order chi connectivity index (χ0) is 24.2. The number of nitrogens with zero attached hydrogens (tertiary/aromatic N) is 2. The van der Waals surface area contributed by atoms with E-state index < -0.39 is 0 Å². The van der Waals surface area contributed by atoms with Crippen LogP contribution in [0.4, 0.5) is 0 Å². The van der Waals surface area contributed by atoms with Crippen molar-refractivity contribution in [2.75, 3.05) is 13.1 Å². The molecule has 6 nitrogen and oxygen atoms in total. The highest BCUT2D eigenvalue weighted by Crippen LogP contribution is 2.31. The second-order valence-electron chi connectivity index (χ2n) is 9.90. The number of aromatic nitrogens is 1. The van der Waals surface area contributed by atoms with Gasteiger partial charge in [0.1, 0.15) is 23.0 Å². The monoisotopic (exact) mass is 473 g/mol. The lowest BCUT2D eigenvalue weighted by atomic mass is 10.1. The van der Waals surface area contributed by atoms with Crippen molar-refractivity contribution < 1.29 is 4.42 Å². The fourth-order valence-corrected chi connectivity index (χ4v) is 5.02. The number of hydrogen-bond acceptors (Lipinski definition) is 5. The van der Waals surface area contributed by atoms with Gasteiger partial charge in [0.05, 0.1) is 13.1 Å². The molecule has 7 rings (SSSR count). The predicted molar refractivity (Wildman–Crippen MR) is 147 cm³/mol. The lowest BCUT2D eigenvalue weighted by Gasteiger charge is -2.05. The zero-order valence-electron chi connectivity index (χ0n) is 20.3. The summed E-state index contributed by atoms with van der Waals surface area (Å²) >= 11 is 0. The van der Waals surface area contributed by atoms with Gasteiger partial charge in [-0.2, -0.15) is 0 Å². The van der Waals surface area contributed by atoms with Gasteiger partial charge in [0, 0.05) is 50.8 Å². The Hall–Kier alpha value is -4.32. The van der Waals surface area contributed by atoms with Crippen LogP contribution in [0.25, 0.3) is 44.5 Å². The number of amidine groups is 2. The maximum atomic E-state index is 6.24. The molecule has 2 atom stereocenters. The largest absolute Gasteiger partial charge is 0.456 e. The molecule has 0 saturated heterocycles. The van der Waals surface area contributed by atoms with Crippen LogP contribution >= 0.6 is 0 Å². The molecule has 0 fully saturated rings. The van der Waals surface area contributed by atoms with Gasteiger partial charge in [-0.05, 0) is 43.7 Å². The second-order valence-corrected chi connectivity index (χ2v) is 9.90. The average Bonchev–Trinajstić information content (AvgIpc) is 3.69. The Kier molecular flexibility index (Phi) is 4.74. The molecule has 178 valence electrons. The van der Waals surface area contributed by atoms with Crippen LogP contribution in [0.1, 0.15) is 25.0 Å². The molecule has 5 aromatic rings. The Bertz CT molecular complexity index is 1550. The number of aliphatic imine (C=N–C) groups is 2. The van der Waals surface area contributed by atoms with Gasteiger partial charge in [0.2, 0.25) is 0 Å². The van der Waals surface area contributed by atoms with Crippen molar-refractivity contribution in [3.63, 3.8) is 0 Å². The summed E-state index contributed by atoms with van der Waals surface area (Å²) in [4.78, 5) is 12.8. The molecule has 6 heteroatoms. The number of rotatable bonds is 4. The molecule has 2 unspecified atom stereocenters. The number of hydrogen-bond donors (Lipinski definition) is 3. The summed E-state index contributed by atoms with van der Waals surface area (Å²) in [5.41, 5.74) is 7.46. The average molecular weight is 474 g/mol. The molecule has 0 radical (unpaired) electrons. The number of H-pyrrole nitrogens is 1. The number of fused-ring (bicyclic) bond motifs is 2. The van der Waals surface area contributed by atoms with E-state index in [-0.39, 0.29) is 0 Å². The van der Waals surface area contributed by atoms with Crippen LogP contribution in [-0.2, 0) is 0 Å². The molecule has 0 saturated carbocycles. The van der Waals surface area contributed by atoms with Crippen LogP contribution in [0, 0.1) is 0 Å². The molecule has 3 N–H and O–H groups in total. The van der Waals surface area contributed by atoms with Crippen molar-refractivity contribution in [1.82, 2.24) is 15.6 Å². The molecule has 4 heterocycles. The van der Waals surface area contributed by atoms with Crippen molar-refractivity contribution in [3.05, 3.63) is 83.9 Å². The molecular weight excluding hydrogens is 446 g/mol. The second kappa shape index (κ2) is 8.12. The van der Waals surface area contributed by atoms with E-state index in [0.717, 1.165) is 75.0 Å². The minimum atomic E-state index is 0.378. The van der Waals surface area contributed by atoms with Crippen molar-refractivity contribution in [3.8, 4) is 22.6 Å². The van der Waals surface area contributed by atoms with Crippen LogP contribution in [-0.4, -0.2) is 41.8 Å². The van der Waals surface area contributed by atoms with Crippen LogP contribution < -0.4 is 10.6 Å². The Balaban J connectivity index is 1.15. The van der Waals surface area contributed by atoms with Crippen LogP contribution in [0.3, 0.4) is 0 Å².